The van der Waals surface area contributed by atoms with Crippen LogP contribution in [0.15, 0.2) is 24.3 Å². The number of amides is 1. The predicted octanol–water partition coefficient (Wildman–Crippen LogP) is 19.4. The van der Waals surface area contributed by atoms with Gasteiger partial charge in [-0.2, -0.15) is 0 Å². The van der Waals surface area contributed by atoms with Crippen molar-refractivity contribution in [2.24, 2.45) is 0 Å². The molecule has 1 amide bonds. The molecule has 0 saturated carbocycles. The summed E-state index contributed by atoms with van der Waals surface area (Å²) in [5, 5.41) is 23.1. The van der Waals surface area contributed by atoms with E-state index in [9.17, 15) is 19.8 Å². The highest BCUT2D eigenvalue weighted by Crippen LogP contribution is 2.18. The van der Waals surface area contributed by atoms with Crippen molar-refractivity contribution in [3.63, 3.8) is 0 Å². The van der Waals surface area contributed by atoms with Gasteiger partial charge in [-0.1, -0.05) is 282 Å². The summed E-state index contributed by atoms with van der Waals surface area (Å²) in [7, 11) is 0. The van der Waals surface area contributed by atoms with Crippen LogP contribution < -0.4 is 5.32 Å². The Labute approximate surface area is 431 Å². The Morgan fingerprint density at radius 3 is 1.07 bits per heavy atom. The standard InChI is InChI=1S/C63H121NO5/c1-3-5-7-9-11-13-36-41-45-49-53-57-63(68)69-58-54-50-46-42-38-35-33-31-29-27-25-23-21-19-17-15-14-16-18-20-22-24-26-28-30-32-34-37-40-44-48-52-56-62(67)64-60(59-65)61(66)55-51-47-43-39-12-10-8-6-4-2/h9,11,17,19,60-61,65-66H,3-8,10,12-16,18,20-59H2,1-2H3,(H,64,67)/b11-9-,19-17-. The maximum atomic E-state index is 12.4. The number of nitrogens with one attached hydrogen (secondary N) is 1. The van der Waals surface area contributed by atoms with E-state index in [0.29, 0.717) is 25.9 Å². The molecule has 6 nitrogen and oxygen atoms in total. The van der Waals surface area contributed by atoms with E-state index in [4.69, 9.17) is 4.74 Å². The van der Waals surface area contributed by atoms with Gasteiger partial charge in [0.1, 0.15) is 0 Å². The molecule has 0 saturated heterocycles. The second-order valence-corrected chi connectivity index (χ2v) is 21.4. The monoisotopic (exact) mass is 972 g/mol. The molecule has 0 aliphatic rings. The van der Waals surface area contributed by atoms with Crippen molar-refractivity contribution in [1.82, 2.24) is 5.32 Å². The van der Waals surface area contributed by atoms with Gasteiger partial charge in [0.05, 0.1) is 25.4 Å². The molecule has 0 rings (SSSR count). The molecule has 6 heteroatoms. The van der Waals surface area contributed by atoms with Crippen LogP contribution in [0.5, 0.6) is 0 Å². The van der Waals surface area contributed by atoms with Crippen molar-refractivity contribution in [2.75, 3.05) is 13.2 Å². The van der Waals surface area contributed by atoms with Crippen LogP contribution in [0.1, 0.15) is 341 Å². The third-order valence-electron chi connectivity index (χ3n) is 14.5. The molecule has 0 bridgehead atoms. The van der Waals surface area contributed by atoms with E-state index in [-0.39, 0.29) is 18.5 Å². The Morgan fingerprint density at radius 2 is 0.696 bits per heavy atom. The Bertz CT molecular complexity index is 1080. The first kappa shape index (κ1) is 67.3. The van der Waals surface area contributed by atoms with E-state index < -0.39 is 12.1 Å². The number of carbonyl (C=O) groups excluding carboxylic acids is 2. The first-order valence-corrected chi connectivity index (χ1v) is 31.1. The van der Waals surface area contributed by atoms with Gasteiger partial charge in [-0.25, -0.2) is 0 Å². The number of ether oxygens (including phenoxy) is 1. The lowest BCUT2D eigenvalue weighted by Gasteiger charge is -2.22. The number of aliphatic hydroxyl groups is 2. The summed E-state index contributed by atoms with van der Waals surface area (Å²) >= 11 is 0. The maximum Gasteiger partial charge on any atom is 0.305 e. The van der Waals surface area contributed by atoms with Gasteiger partial charge in [-0.3, -0.25) is 9.59 Å². The number of hydrogen-bond donors (Lipinski definition) is 3. The van der Waals surface area contributed by atoms with Gasteiger partial charge in [0.15, 0.2) is 0 Å². The molecule has 2 unspecified atom stereocenters. The highest BCUT2D eigenvalue weighted by atomic mass is 16.5. The fourth-order valence-electron chi connectivity index (χ4n) is 9.68. The number of unbranched alkanes of at least 4 members (excludes halogenated alkanes) is 43. The molecule has 0 aliphatic carbocycles. The Hall–Kier alpha value is -1.66. The van der Waals surface area contributed by atoms with E-state index in [1.807, 2.05) is 0 Å². The quantitative estimate of drug-likeness (QED) is 0.0321. The Kier molecular flexibility index (Phi) is 57.5. The SMILES string of the molecule is CCCC/C=C\CCCCCCCC(=O)OCCCCCCCCCCCCCC/C=C\CCCCCCCCCCCCCCCCCCC(=O)NC(CO)C(O)CCCCCCCCCCC. The number of aliphatic hydroxyl groups excluding tert-OH is 2. The Balaban J connectivity index is 3.32. The molecule has 69 heavy (non-hydrogen) atoms. The molecular formula is C63H121NO5. The first-order chi connectivity index (χ1) is 34.0. The van der Waals surface area contributed by atoms with Gasteiger partial charge >= 0.3 is 5.97 Å². The Morgan fingerprint density at radius 1 is 0.391 bits per heavy atom. The van der Waals surface area contributed by atoms with Crippen LogP contribution in [0.25, 0.3) is 0 Å². The van der Waals surface area contributed by atoms with E-state index in [0.717, 1.165) is 44.9 Å². The fourth-order valence-corrected chi connectivity index (χ4v) is 9.68. The lowest BCUT2D eigenvalue weighted by Crippen LogP contribution is -2.45. The zero-order valence-electron chi connectivity index (χ0n) is 46.6. The first-order valence-electron chi connectivity index (χ1n) is 31.1. The normalized spacial score (nSPS) is 12.7. The van der Waals surface area contributed by atoms with Gasteiger partial charge in [0.25, 0.3) is 0 Å². The average Bonchev–Trinajstić information content (AvgIpc) is 3.35. The van der Waals surface area contributed by atoms with Crippen LogP contribution in [0.2, 0.25) is 0 Å². The van der Waals surface area contributed by atoms with Crippen LogP contribution in [0.4, 0.5) is 0 Å². The highest BCUT2D eigenvalue weighted by Gasteiger charge is 2.20. The summed E-state index contributed by atoms with van der Waals surface area (Å²) in [5.41, 5.74) is 0. The van der Waals surface area contributed by atoms with E-state index in [1.54, 1.807) is 0 Å². The van der Waals surface area contributed by atoms with Crippen molar-refractivity contribution in [3.8, 4) is 0 Å². The zero-order chi connectivity index (χ0) is 50.0. The third kappa shape index (κ3) is 55.5. The van der Waals surface area contributed by atoms with Crippen LogP contribution in [-0.4, -0.2) is 47.4 Å². The topological polar surface area (TPSA) is 95.9 Å². The molecule has 408 valence electrons. The van der Waals surface area contributed by atoms with Crippen molar-refractivity contribution >= 4 is 11.9 Å². The van der Waals surface area contributed by atoms with Crippen molar-refractivity contribution < 1.29 is 24.5 Å². The summed E-state index contributed by atoms with van der Waals surface area (Å²) in [6.45, 7) is 4.91. The predicted molar refractivity (Wildman–Crippen MR) is 301 cm³/mol. The molecule has 0 radical (unpaired) electrons. The minimum Gasteiger partial charge on any atom is -0.466 e. The number of allylic oxidation sites excluding steroid dienone is 4. The number of esters is 1. The summed E-state index contributed by atoms with van der Waals surface area (Å²) in [6, 6.07) is -0.536. The third-order valence-corrected chi connectivity index (χ3v) is 14.5. The molecule has 0 aromatic heterocycles. The van der Waals surface area contributed by atoms with Gasteiger partial charge in [0.2, 0.25) is 5.91 Å². The maximum absolute atomic E-state index is 12.4. The largest absolute Gasteiger partial charge is 0.466 e. The summed E-state index contributed by atoms with van der Waals surface area (Å²) in [6.07, 6.45) is 72.2. The number of hydrogen-bond acceptors (Lipinski definition) is 5. The van der Waals surface area contributed by atoms with Crippen LogP contribution in [0, 0.1) is 0 Å². The molecule has 0 fully saturated rings. The second kappa shape index (κ2) is 58.9. The fraction of sp³-hybridized carbons (Fsp3) is 0.905. The number of rotatable bonds is 58. The lowest BCUT2D eigenvalue weighted by molar-refractivity contribution is -0.143. The van der Waals surface area contributed by atoms with Crippen molar-refractivity contribution in [3.05, 3.63) is 24.3 Å². The average molecular weight is 973 g/mol. The van der Waals surface area contributed by atoms with Gasteiger partial charge in [-0.15, -0.1) is 0 Å². The van der Waals surface area contributed by atoms with E-state index in [1.165, 1.54) is 263 Å². The smallest absolute Gasteiger partial charge is 0.305 e. The molecule has 0 aliphatic heterocycles. The van der Waals surface area contributed by atoms with Gasteiger partial charge in [0, 0.05) is 12.8 Å². The van der Waals surface area contributed by atoms with E-state index >= 15 is 0 Å². The lowest BCUT2D eigenvalue weighted by atomic mass is 10.0. The molecule has 2 atom stereocenters. The van der Waals surface area contributed by atoms with Crippen molar-refractivity contribution in [2.45, 2.75) is 353 Å². The molecular weight excluding hydrogens is 851 g/mol. The summed E-state index contributed by atoms with van der Waals surface area (Å²) in [4.78, 5) is 24.4. The number of carbonyl (C=O) groups is 2. The van der Waals surface area contributed by atoms with Crippen LogP contribution in [0.3, 0.4) is 0 Å². The summed E-state index contributed by atoms with van der Waals surface area (Å²) < 4.78 is 5.46. The van der Waals surface area contributed by atoms with E-state index in [2.05, 4.69) is 43.5 Å². The van der Waals surface area contributed by atoms with Crippen LogP contribution >= 0.6 is 0 Å². The zero-order valence-corrected chi connectivity index (χ0v) is 46.6. The molecule has 0 aromatic carbocycles. The minimum absolute atomic E-state index is 0.00705. The second-order valence-electron chi connectivity index (χ2n) is 21.4. The van der Waals surface area contributed by atoms with Gasteiger partial charge < -0.3 is 20.3 Å². The molecule has 0 aromatic rings. The molecule has 0 heterocycles. The summed E-state index contributed by atoms with van der Waals surface area (Å²) in [5.74, 6) is -0.0266. The van der Waals surface area contributed by atoms with Crippen molar-refractivity contribution in [1.29, 1.82) is 0 Å². The molecule has 0 spiro atoms. The molecule has 3 N–H and O–H groups in total. The highest BCUT2D eigenvalue weighted by molar-refractivity contribution is 5.76. The van der Waals surface area contributed by atoms with Gasteiger partial charge in [-0.05, 0) is 70.6 Å². The minimum atomic E-state index is -0.659. The van der Waals surface area contributed by atoms with Crippen LogP contribution in [-0.2, 0) is 14.3 Å².